The monoisotopic (exact) mass is 329 g/mol. The minimum atomic E-state index is -0.830. The van der Waals surface area contributed by atoms with Gasteiger partial charge in [-0.3, -0.25) is 9.59 Å². The molecule has 6 nitrogen and oxygen atoms in total. The van der Waals surface area contributed by atoms with E-state index in [4.69, 9.17) is 9.15 Å². The highest BCUT2D eigenvalue weighted by Crippen LogP contribution is 2.32. The zero-order chi connectivity index (χ0) is 17.3. The molecule has 0 spiro atoms. The maximum atomic E-state index is 12.1. The van der Waals surface area contributed by atoms with Crippen molar-refractivity contribution in [1.29, 1.82) is 0 Å². The van der Waals surface area contributed by atoms with E-state index in [0.29, 0.717) is 16.9 Å². The molecule has 0 unspecified atom stereocenters. The number of hydrogen-bond donors (Lipinski definition) is 1. The lowest BCUT2D eigenvalue weighted by Gasteiger charge is -2.12. The van der Waals surface area contributed by atoms with Gasteiger partial charge in [-0.05, 0) is 44.7 Å². The SMILES string of the molecule is Cc1ccc2oc(C(=O)OCC(=O)N[C@H](C)C3CC3)cc(=O)c2c1. The largest absolute Gasteiger partial charge is 0.450 e. The Morgan fingerprint density at radius 2 is 2.08 bits per heavy atom. The average Bonchev–Trinajstić information content (AvgIpc) is 3.38. The molecule has 1 atom stereocenters. The molecule has 1 heterocycles. The van der Waals surface area contributed by atoms with Crippen molar-refractivity contribution in [3.05, 3.63) is 45.8 Å². The molecular weight excluding hydrogens is 310 g/mol. The number of rotatable bonds is 5. The first-order chi connectivity index (χ1) is 11.4. The van der Waals surface area contributed by atoms with E-state index in [1.54, 1.807) is 18.2 Å². The van der Waals surface area contributed by atoms with Crippen LogP contribution in [-0.2, 0) is 9.53 Å². The third-order valence-electron chi connectivity index (χ3n) is 4.14. The number of benzene rings is 1. The number of amides is 1. The third kappa shape index (κ3) is 3.64. The molecule has 1 aromatic carbocycles. The lowest BCUT2D eigenvalue weighted by molar-refractivity contribution is -0.125. The highest BCUT2D eigenvalue weighted by molar-refractivity contribution is 5.90. The van der Waals surface area contributed by atoms with Gasteiger partial charge in [-0.1, -0.05) is 11.6 Å². The summed E-state index contributed by atoms with van der Waals surface area (Å²) >= 11 is 0. The first kappa shape index (κ1) is 16.2. The van der Waals surface area contributed by atoms with Gasteiger partial charge in [0.2, 0.25) is 5.76 Å². The van der Waals surface area contributed by atoms with Crippen LogP contribution in [0.5, 0.6) is 0 Å². The zero-order valence-corrected chi connectivity index (χ0v) is 13.6. The van der Waals surface area contributed by atoms with Crippen LogP contribution < -0.4 is 10.7 Å². The number of carbonyl (C=O) groups is 2. The van der Waals surface area contributed by atoms with Gasteiger partial charge in [-0.15, -0.1) is 0 Å². The van der Waals surface area contributed by atoms with Crippen LogP contribution in [0.3, 0.4) is 0 Å². The second-order valence-corrected chi connectivity index (χ2v) is 6.24. The van der Waals surface area contributed by atoms with Crippen molar-refractivity contribution < 1.29 is 18.7 Å². The molecule has 1 saturated carbocycles. The van der Waals surface area contributed by atoms with E-state index < -0.39 is 12.6 Å². The molecular formula is C18H19NO5. The summed E-state index contributed by atoms with van der Waals surface area (Å²) in [4.78, 5) is 35.8. The number of fused-ring (bicyclic) bond motifs is 1. The lowest BCUT2D eigenvalue weighted by Crippen LogP contribution is -2.37. The maximum absolute atomic E-state index is 12.1. The van der Waals surface area contributed by atoms with Crippen molar-refractivity contribution in [2.75, 3.05) is 6.61 Å². The van der Waals surface area contributed by atoms with E-state index in [1.165, 1.54) is 0 Å². The zero-order valence-electron chi connectivity index (χ0n) is 13.6. The van der Waals surface area contributed by atoms with Crippen LogP contribution in [0.15, 0.2) is 33.5 Å². The Morgan fingerprint density at radius 1 is 1.33 bits per heavy atom. The van der Waals surface area contributed by atoms with Gasteiger partial charge in [0.15, 0.2) is 12.0 Å². The number of hydrogen-bond acceptors (Lipinski definition) is 5. The van der Waals surface area contributed by atoms with Crippen LogP contribution in [0, 0.1) is 12.8 Å². The van der Waals surface area contributed by atoms with Crippen LogP contribution in [-0.4, -0.2) is 24.5 Å². The number of nitrogens with one attached hydrogen (secondary N) is 1. The molecule has 2 aromatic rings. The van der Waals surface area contributed by atoms with Crippen LogP contribution >= 0.6 is 0 Å². The van der Waals surface area contributed by atoms with Gasteiger partial charge >= 0.3 is 5.97 Å². The fraction of sp³-hybridized carbons (Fsp3) is 0.389. The van der Waals surface area contributed by atoms with Crippen molar-refractivity contribution in [3.63, 3.8) is 0 Å². The minimum Gasteiger partial charge on any atom is -0.450 e. The van der Waals surface area contributed by atoms with Gasteiger partial charge in [0.05, 0.1) is 5.39 Å². The Hall–Kier alpha value is -2.63. The first-order valence-electron chi connectivity index (χ1n) is 7.95. The molecule has 1 aliphatic rings. The van der Waals surface area contributed by atoms with Gasteiger partial charge < -0.3 is 14.5 Å². The Balaban J connectivity index is 1.66. The molecule has 0 saturated heterocycles. The summed E-state index contributed by atoms with van der Waals surface area (Å²) in [5.74, 6) is -0.878. The van der Waals surface area contributed by atoms with Gasteiger partial charge in [0.1, 0.15) is 5.58 Å². The molecule has 1 N–H and O–H groups in total. The van der Waals surface area contributed by atoms with Gasteiger partial charge in [-0.25, -0.2) is 4.79 Å². The summed E-state index contributed by atoms with van der Waals surface area (Å²) in [5, 5.41) is 3.19. The van der Waals surface area contributed by atoms with E-state index in [0.717, 1.165) is 24.5 Å². The normalized spacial score (nSPS) is 15.1. The smallest absolute Gasteiger partial charge is 0.374 e. The summed E-state index contributed by atoms with van der Waals surface area (Å²) in [6.45, 7) is 3.40. The minimum absolute atomic E-state index is 0.0815. The van der Waals surface area contributed by atoms with E-state index >= 15 is 0 Å². The molecule has 1 fully saturated rings. The van der Waals surface area contributed by atoms with Gasteiger partial charge in [-0.2, -0.15) is 0 Å². The highest BCUT2D eigenvalue weighted by atomic mass is 16.5. The average molecular weight is 329 g/mol. The molecule has 0 radical (unpaired) electrons. The standard InChI is InChI=1S/C18H19NO5/c1-10-3-6-15-13(7-10)14(20)8-16(24-15)18(22)23-9-17(21)19-11(2)12-4-5-12/h3,6-8,11-12H,4-5,9H2,1-2H3,(H,19,21)/t11-/m1/s1. The van der Waals surface area contributed by atoms with Crippen molar-refractivity contribution >= 4 is 22.8 Å². The summed E-state index contributed by atoms with van der Waals surface area (Å²) in [7, 11) is 0. The third-order valence-corrected chi connectivity index (χ3v) is 4.14. The van der Waals surface area contributed by atoms with Crippen LogP contribution in [0.2, 0.25) is 0 Å². The summed E-state index contributed by atoms with van der Waals surface area (Å²) in [5.41, 5.74) is 0.914. The molecule has 0 bridgehead atoms. The van der Waals surface area contributed by atoms with E-state index in [1.807, 2.05) is 13.8 Å². The van der Waals surface area contributed by atoms with E-state index in [9.17, 15) is 14.4 Å². The predicted molar refractivity (Wildman–Crippen MR) is 87.8 cm³/mol. The maximum Gasteiger partial charge on any atom is 0.374 e. The van der Waals surface area contributed by atoms with E-state index in [2.05, 4.69) is 5.32 Å². The lowest BCUT2D eigenvalue weighted by atomic mass is 10.1. The Bertz CT molecular complexity index is 850. The Labute approximate surface area is 138 Å². The Kier molecular flexibility index (Phi) is 4.38. The van der Waals surface area contributed by atoms with Crippen LogP contribution in [0.1, 0.15) is 35.9 Å². The molecule has 1 aliphatic carbocycles. The molecule has 6 heteroatoms. The van der Waals surface area contributed by atoms with Crippen molar-refractivity contribution in [2.45, 2.75) is 32.7 Å². The number of esters is 1. The predicted octanol–water partition coefficient (Wildman–Crippen LogP) is 2.17. The van der Waals surface area contributed by atoms with Crippen LogP contribution in [0.25, 0.3) is 11.0 Å². The van der Waals surface area contributed by atoms with E-state index in [-0.39, 0.29) is 23.1 Å². The summed E-state index contributed by atoms with van der Waals surface area (Å²) < 4.78 is 10.3. The second kappa shape index (κ2) is 6.47. The quantitative estimate of drug-likeness (QED) is 0.850. The second-order valence-electron chi connectivity index (χ2n) is 6.24. The van der Waals surface area contributed by atoms with Crippen molar-refractivity contribution in [3.8, 4) is 0 Å². The Morgan fingerprint density at radius 3 is 2.79 bits per heavy atom. The number of carbonyl (C=O) groups excluding carboxylic acids is 2. The molecule has 1 aromatic heterocycles. The van der Waals surface area contributed by atoms with Crippen molar-refractivity contribution in [2.24, 2.45) is 5.92 Å². The molecule has 126 valence electrons. The van der Waals surface area contributed by atoms with Gasteiger partial charge in [0.25, 0.3) is 5.91 Å². The number of ether oxygens (including phenoxy) is 1. The fourth-order valence-electron chi connectivity index (χ4n) is 2.58. The summed E-state index contributed by atoms with van der Waals surface area (Å²) in [6.07, 6.45) is 2.23. The molecule has 3 rings (SSSR count). The molecule has 1 amide bonds. The van der Waals surface area contributed by atoms with Gasteiger partial charge in [0, 0.05) is 12.1 Å². The van der Waals surface area contributed by atoms with Crippen molar-refractivity contribution in [1.82, 2.24) is 5.32 Å². The molecule has 24 heavy (non-hydrogen) atoms. The topological polar surface area (TPSA) is 85.6 Å². The highest BCUT2D eigenvalue weighted by Gasteiger charge is 2.29. The summed E-state index contributed by atoms with van der Waals surface area (Å²) in [6, 6.07) is 6.29. The first-order valence-corrected chi connectivity index (χ1v) is 7.95. The van der Waals surface area contributed by atoms with Crippen LogP contribution in [0.4, 0.5) is 0 Å². The number of aryl methyl sites for hydroxylation is 1. The fourth-order valence-corrected chi connectivity index (χ4v) is 2.58. The molecule has 0 aliphatic heterocycles.